The second-order valence-electron chi connectivity index (χ2n) is 3.47. The van der Waals surface area contributed by atoms with E-state index in [9.17, 15) is 0 Å². The van der Waals surface area contributed by atoms with Gasteiger partial charge in [-0.1, -0.05) is 0 Å². The van der Waals surface area contributed by atoms with Crippen LogP contribution in [-0.4, -0.2) is 30.1 Å². The summed E-state index contributed by atoms with van der Waals surface area (Å²) in [5, 5.41) is 11.2. The highest BCUT2D eigenvalue weighted by atomic mass is 15.2. The molecular formula is C8H13N3. The van der Waals surface area contributed by atoms with Crippen LogP contribution in [-0.2, 0) is 0 Å². The quantitative estimate of drug-likeness (QED) is 0.455. The molecule has 1 saturated carbocycles. The Balaban J connectivity index is 1.79. The van der Waals surface area contributed by atoms with E-state index in [2.05, 4.69) is 10.2 Å². The van der Waals surface area contributed by atoms with Crippen molar-refractivity contribution in [3.05, 3.63) is 0 Å². The summed E-state index contributed by atoms with van der Waals surface area (Å²) in [7, 11) is 0. The van der Waals surface area contributed by atoms with Crippen molar-refractivity contribution in [1.82, 2.24) is 10.2 Å². The zero-order valence-corrected chi connectivity index (χ0v) is 6.58. The van der Waals surface area contributed by atoms with Crippen molar-refractivity contribution in [3.8, 4) is 6.19 Å². The summed E-state index contributed by atoms with van der Waals surface area (Å²) in [5.74, 6) is 0. The maximum absolute atomic E-state index is 8.39. The first-order valence-corrected chi connectivity index (χ1v) is 4.29. The largest absolute Gasteiger partial charge is 0.319 e. The Morgan fingerprint density at radius 2 is 2.18 bits per heavy atom. The molecule has 0 aromatic carbocycles. The maximum atomic E-state index is 8.39. The molecule has 1 unspecified atom stereocenters. The van der Waals surface area contributed by atoms with Crippen molar-refractivity contribution in [2.75, 3.05) is 13.1 Å². The van der Waals surface area contributed by atoms with Gasteiger partial charge in [-0.3, -0.25) is 4.90 Å². The van der Waals surface area contributed by atoms with E-state index in [4.69, 9.17) is 5.26 Å². The Hall–Kier alpha value is -0.750. The molecule has 2 fully saturated rings. The highest BCUT2D eigenvalue weighted by molar-refractivity contribution is 4.93. The number of rotatable bonds is 2. The van der Waals surface area contributed by atoms with Gasteiger partial charge in [-0.15, -0.1) is 0 Å². The number of nitriles is 1. The molecule has 1 atom stereocenters. The van der Waals surface area contributed by atoms with E-state index in [1.54, 1.807) is 0 Å². The molecule has 0 radical (unpaired) electrons. The maximum Gasteiger partial charge on any atom is 0.176 e. The molecule has 1 N–H and O–H groups in total. The number of hydrogen-bond acceptors (Lipinski definition) is 3. The van der Waals surface area contributed by atoms with Gasteiger partial charge in [0.05, 0.1) is 0 Å². The average molecular weight is 151 g/mol. The van der Waals surface area contributed by atoms with Crippen LogP contribution in [0.1, 0.15) is 19.3 Å². The molecule has 0 aromatic heterocycles. The molecular weight excluding hydrogens is 138 g/mol. The van der Waals surface area contributed by atoms with E-state index in [0.29, 0.717) is 6.04 Å². The Kier molecular flexibility index (Phi) is 1.71. The number of nitrogens with zero attached hydrogens (tertiary/aromatic N) is 2. The molecule has 0 amide bonds. The number of nitrogens with one attached hydrogen (secondary N) is 1. The van der Waals surface area contributed by atoms with Gasteiger partial charge in [-0.05, 0) is 19.3 Å². The van der Waals surface area contributed by atoms with Crippen molar-refractivity contribution in [2.24, 2.45) is 0 Å². The van der Waals surface area contributed by atoms with Crippen LogP contribution in [0.15, 0.2) is 0 Å². The van der Waals surface area contributed by atoms with E-state index in [0.717, 1.165) is 19.0 Å². The molecule has 0 aromatic rings. The monoisotopic (exact) mass is 151 g/mol. The van der Waals surface area contributed by atoms with Gasteiger partial charge < -0.3 is 5.32 Å². The molecule has 1 heterocycles. The second-order valence-corrected chi connectivity index (χ2v) is 3.47. The van der Waals surface area contributed by atoms with Crippen LogP contribution in [0, 0.1) is 11.5 Å². The standard InChI is InChI=1S/C8H13N3/c9-6-10-7-3-4-11(5-7)8-1-2-8/h7-8,10H,1-5H2. The van der Waals surface area contributed by atoms with Crippen molar-refractivity contribution >= 4 is 0 Å². The van der Waals surface area contributed by atoms with Gasteiger partial charge in [-0.2, -0.15) is 5.26 Å². The molecule has 2 aliphatic rings. The SMILES string of the molecule is N#CNC1CCN(C2CC2)C1. The Labute approximate surface area is 67.0 Å². The molecule has 2 rings (SSSR count). The summed E-state index contributed by atoms with van der Waals surface area (Å²) in [6.45, 7) is 2.27. The summed E-state index contributed by atoms with van der Waals surface area (Å²) in [6, 6.07) is 1.29. The van der Waals surface area contributed by atoms with Crippen LogP contribution in [0.3, 0.4) is 0 Å². The van der Waals surface area contributed by atoms with Crippen LogP contribution in [0.2, 0.25) is 0 Å². The zero-order valence-electron chi connectivity index (χ0n) is 6.58. The third-order valence-electron chi connectivity index (χ3n) is 2.55. The van der Waals surface area contributed by atoms with E-state index in [1.165, 1.54) is 19.4 Å². The average Bonchev–Trinajstić information content (AvgIpc) is 2.75. The molecule has 3 heteroatoms. The minimum Gasteiger partial charge on any atom is -0.319 e. The molecule has 0 spiro atoms. The fraction of sp³-hybridized carbons (Fsp3) is 0.875. The summed E-state index contributed by atoms with van der Waals surface area (Å²) in [5.41, 5.74) is 0. The molecule has 11 heavy (non-hydrogen) atoms. The Morgan fingerprint density at radius 3 is 2.82 bits per heavy atom. The molecule has 1 saturated heterocycles. The van der Waals surface area contributed by atoms with Gasteiger partial charge in [0.25, 0.3) is 0 Å². The summed E-state index contributed by atoms with van der Waals surface area (Å²) in [4.78, 5) is 2.50. The van der Waals surface area contributed by atoms with E-state index >= 15 is 0 Å². The van der Waals surface area contributed by atoms with Crippen LogP contribution in [0.4, 0.5) is 0 Å². The van der Waals surface area contributed by atoms with Crippen LogP contribution in [0.5, 0.6) is 0 Å². The van der Waals surface area contributed by atoms with E-state index < -0.39 is 0 Å². The van der Waals surface area contributed by atoms with Crippen molar-refractivity contribution in [2.45, 2.75) is 31.3 Å². The minimum atomic E-state index is 0.431. The Morgan fingerprint density at radius 1 is 1.36 bits per heavy atom. The number of hydrogen-bond donors (Lipinski definition) is 1. The third-order valence-corrected chi connectivity index (χ3v) is 2.55. The first-order valence-electron chi connectivity index (χ1n) is 4.29. The zero-order chi connectivity index (χ0) is 7.68. The molecule has 3 nitrogen and oxygen atoms in total. The van der Waals surface area contributed by atoms with Gasteiger partial charge in [0.1, 0.15) is 0 Å². The summed E-state index contributed by atoms with van der Waals surface area (Å²) in [6.07, 6.45) is 5.90. The van der Waals surface area contributed by atoms with Crippen LogP contribution < -0.4 is 5.32 Å². The number of likely N-dealkylation sites (tertiary alicyclic amines) is 1. The normalized spacial score (nSPS) is 31.7. The lowest BCUT2D eigenvalue weighted by Gasteiger charge is -2.13. The fourth-order valence-electron chi connectivity index (χ4n) is 1.77. The highest BCUT2D eigenvalue weighted by Crippen LogP contribution is 2.29. The fourth-order valence-corrected chi connectivity index (χ4v) is 1.77. The molecule has 0 bridgehead atoms. The summed E-state index contributed by atoms with van der Waals surface area (Å²) >= 11 is 0. The third kappa shape index (κ3) is 1.46. The van der Waals surface area contributed by atoms with Crippen molar-refractivity contribution < 1.29 is 0 Å². The van der Waals surface area contributed by atoms with Gasteiger partial charge in [-0.25, -0.2) is 0 Å². The van der Waals surface area contributed by atoms with Gasteiger partial charge in [0, 0.05) is 25.2 Å². The molecule has 60 valence electrons. The van der Waals surface area contributed by atoms with Crippen molar-refractivity contribution in [1.29, 1.82) is 5.26 Å². The molecule has 1 aliphatic heterocycles. The Bertz CT molecular complexity index is 180. The van der Waals surface area contributed by atoms with E-state index in [1.807, 2.05) is 6.19 Å². The van der Waals surface area contributed by atoms with Gasteiger partial charge >= 0.3 is 0 Å². The predicted octanol–water partition coefficient (Wildman–Crippen LogP) is 0.294. The van der Waals surface area contributed by atoms with Crippen molar-refractivity contribution in [3.63, 3.8) is 0 Å². The minimum absolute atomic E-state index is 0.431. The van der Waals surface area contributed by atoms with Gasteiger partial charge in [0.15, 0.2) is 6.19 Å². The summed E-state index contributed by atoms with van der Waals surface area (Å²) < 4.78 is 0. The highest BCUT2D eigenvalue weighted by Gasteiger charge is 2.34. The van der Waals surface area contributed by atoms with E-state index in [-0.39, 0.29) is 0 Å². The van der Waals surface area contributed by atoms with Crippen LogP contribution >= 0.6 is 0 Å². The molecule has 1 aliphatic carbocycles. The first-order chi connectivity index (χ1) is 5.40. The second kappa shape index (κ2) is 2.71. The lowest BCUT2D eigenvalue weighted by molar-refractivity contribution is 0.321. The van der Waals surface area contributed by atoms with Gasteiger partial charge in [0.2, 0.25) is 0 Å². The first kappa shape index (κ1) is 6.93. The smallest absolute Gasteiger partial charge is 0.176 e. The predicted molar refractivity (Wildman–Crippen MR) is 41.7 cm³/mol. The lowest BCUT2D eigenvalue weighted by Crippen LogP contribution is -2.30. The lowest BCUT2D eigenvalue weighted by atomic mass is 10.3. The van der Waals surface area contributed by atoms with Crippen LogP contribution in [0.25, 0.3) is 0 Å². The topological polar surface area (TPSA) is 39.1 Å².